The minimum Gasteiger partial charge on any atom is -0.393 e. The maximum absolute atomic E-state index is 12.0. The molecule has 1 aliphatic rings. The first-order chi connectivity index (χ1) is 8.97. The highest BCUT2D eigenvalue weighted by atomic mass is 35.5. The lowest BCUT2D eigenvalue weighted by Crippen LogP contribution is -2.32. The Balaban J connectivity index is 1.92. The van der Waals surface area contributed by atoms with Crippen molar-refractivity contribution in [3.63, 3.8) is 0 Å². The topological polar surface area (TPSA) is 79.3 Å². The largest absolute Gasteiger partial charge is 0.393 e. The van der Waals surface area contributed by atoms with Crippen LogP contribution in [0.1, 0.15) is 25.7 Å². The van der Waals surface area contributed by atoms with Crippen molar-refractivity contribution in [3.8, 4) is 0 Å². The number of aromatic nitrogens is 1. The predicted octanol–water partition coefficient (Wildman–Crippen LogP) is 1.56. The molecule has 0 aliphatic heterocycles. The second-order valence-corrected chi connectivity index (χ2v) is 7.00. The smallest absolute Gasteiger partial charge is 0.242 e. The highest BCUT2D eigenvalue weighted by Crippen LogP contribution is 2.24. The first-order valence-corrected chi connectivity index (χ1v) is 8.13. The van der Waals surface area contributed by atoms with E-state index >= 15 is 0 Å². The zero-order chi connectivity index (χ0) is 13.9. The van der Waals surface area contributed by atoms with Crippen molar-refractivity contribution >= 4 is 21.6 Å². The average Bonchev–Trinajstić information content (AvgIpc) is 2.39. The molecule has 0 amide bonds. The van der Waals surface area contributed by atoms with Gasteiger partial charge in [-0.2, -0.15) is 0 Å². The van der Waals surface area contributed by atoms with Crippen LogP contribution in [-0.4, -0.2) is 31.2 Å². The minimum absolute atomic E-state index is 0.118. The van der Waals surface area contributed by atoms with E-state index in [9.17, 15) is 13.5 Å². The van der Waals surface area contributed by atoms with Gasteiger partial charge in [0.1, 0.15) is 10.0 Å². The fraction of sp³-hybridized carbons (Fsp3) is 0.583. The quantitative estimate of drug-likeness (QED) is 0.828. The second-order valence-electron chi connectivity index (χ2n) is 4.84. The molecule has 1 aromatic rings. The highest BCUT2D eigenvalue weighted by Gasteiger charge is 2.22. The van der Waals surface area contributed by atoms with E-state index in [1.807, 2.05) is 0 Å². The molecule has 1 aromatic heterocycles. The van der Waals surface area contributed by atoms with Gasteiger partial charge < -0.3 is 5.11 Å². The van der Waals surface area contributed by atoms with Gasteiger partial charge in [0, 0.05) is 12.7 Å². The van der Waals surface area contributed by atoms with Gasteiger partial charge in [0.25, 0.3) is 0 Å². The molecule has 7 heteroatoms. The lowest BCUT2D eigenvalue weighted by molar-refractivity contribution is 0.109. The molecule has 106 valence electrons. The zero-order valence-corrected chi connectivity index (χ0v) is 12.0. The number of sulfonamides is 1. The number of nitrogens with zero attached hydrogens (tertiary/aromatic N) is 1. The molecule has 1 heterocycles. The summed E-state index contributed by atoms with van der Waals surface area (Å²) in [5.74, 6) is 0.290. The van der Waals surface area contributed by atoms with E-state index in [1.54, 1.807) is 0 Å². The Hall–Kier alpha value is -0.690. The maximum Gasteiger partial charge on any atom is 0.242 e. The lowest BCUT2D eigenvalue weighted by atomic mass is 9.88. The zero-order valence-electron chi connectivity index (χ0n) is 10.4. The first-order valence-electron chi connectivity index (χ1n) is 6.26. The summed E-state index contributed by atoms with van der Waals surface area (Å²) in [6.07, 6.45) is 4.21. The Morgan fingerprint density at radius 1 is 1.32 bits per heavy atom. The van der Waals surface area contributed by atoms with Gasteiger partial charge in [0.05, 0.1) is 6.10 Å². The molecule has 2 N–H and O–H groups in total. The number of nitrogens with one attached hydrogen (secondary N) is 1. The van der Waals surface area contributed by atoms with E-state index in [0.717, 1.165) is 25.7 Å². The Morgan fingerprint density at radius 2 is 2.00 bits per heavy atom. The van der Waals surface area contributed by atoms with Gasteiger partial charge in [-0.3, -0.25) is 0 Å². The summed E-state index contributed by atoms with van der Waals surface area (Å²) in [5.41, 5.74) is 0. The van der Waals surface area contributed by atoms with E-state index < -0.39 is 10.0 Å². The van der Waals surface area contributed by atoms with E-state index in [-0.39, 0.29) is 16.2 Å². The third-order valence-corrected chi connectivity index (χ3v) is 5.02. The first kappa shape index (κ1) is 14.7. The van der Waals surface area contributed by atoms with Crippen molar-refractivity contribution in [3.05, 3.63) is 23.5 Å². The normalized spacial score (nSPS) is 24.3. The monoisotopic (exact) mass is 304 g/mol. The number of aliphatic hydroxyl groups excluding tert-OH is 1. The summed E-state index contributed by atoms with van der Waals surface area (Å²) in [7, 11) is -3.52. The predicted molar refractivity (Wildman–Crippen MR) is 72.4 cm³/mol. The molecule has 0 aromatic carbocycles. The third-order valence-electron chi connectivity index (χ3n) is 3.39. The number of aliphatic hydroxyl groups is 1. The van der Waals surface area contributed by atoms with Crippen LogP contribution in [0.3, 0.4) is 0 Å². The number of rotatable bonds is 4. The third kappa shape index (κ3) is 4.14. The molecule has 0 atom stereocenters. The highest BCUT2D eigenvalue weighted by molar-refractivity contribution is 7.89. The van der Waals surface area contributed by atoms with Gasteiger partial charge in [0.15, 0.2) is 0 Å². The molecule has 0 radical (unpaired) electrons. The molecule has 0 saturated heterocycles. The molecule has 0 spiro atoms. The lowest BCUT2D eigenvalue weighted by Gasteiger charge is -2.25. The summed E-state index contributed by atoms with van der Waals surface area (Å²) in [6, 6.07) is 2.88. The van der Waals surface area contributed by atoms with Crippen LogP contribution in [0.5, 0.6) is 0 Å². The Morgan fingerprint density at radius 3 is 2.58 bits per heavy atom. The average molecular weight is 305 g/mol. The van der Waals surface area contributed by atoms with E-state index in [4.69, 9.17) is 11.6 Å². The number of hydrogen-bond donors (Lipinski definition) is 2. The SMILES string of the molecule is O=S(=O)(NCC1CCC(O)CC1)c1ccc(Cl)nc1. The van der Waals surface area contributed by atoms with Crippen molar-refractivity contribution in [2.45, 2.75) is 36.7 Å². The fourth-order valence-corrected chi connectivity index (χ4v) is 3.35. The summed E-state index contributed by atoms with van der Waals surface area (Å²) in [4.78, 5) is 3.88. The molecule has 1 saturated carbocycles. The van der Waals surface area contributed by atoms with Crippen molar-refractivity contribution in [2.24, 2.45) is 5.92 Å². The molecule has 0 bridgehead atoms. The maximum atomic E-state index is 12.0. The molecule has 1 aliphatic carbocycles. The number of pyridine rings is 1. The van der Waals surface area contributed by atoms with Crippen molar-refractivity contribution in [1.82, 2.24) is 9.71 Å². The van der Waals surface area contributed by atoms with Crippen LogP contribution in [0.4, 0.5) is 0 Å². The minimum atomic E-state index is -3.52. The van der Waals surface area contributed by atoms with Crippen LogP contribution < -0.4 is 4.72 Å². The van der Waals surface area contributed by atoms with Gasteiger partial charge in [-0.25, -0.2) is 18.1 Å². The van der Waals surface area contributed by atoms with E-state index in [0.29, 0.717) is 12.5 Å². The van der Waals surface area contributed by atoms with Crippen LogP contribution in [0.25, 0.3) is 0 Å². The summed E-state index contributed by atoms with van der Waals surface area (Å²) in [6.45, 7) is 0.400. The van der Waals surface area contributed by atoms with Crippen LogP contribution in [-0.2, 0) is 10.0 Å². The molecule has 1 fully saturated rings. The Bertz CT molecular complexity index is 510. The summed E-state index contributed by atoms with van der Waals surface area (Å²) >= 11 is 5.62. The fourth-order valence-electron chi connectivity index (χ4n) is 2.18. The van der Waals surface area contributed by atoms with E-state index in [1.165, 1.54) is 18.3 Å². The van der Waals surface area contributed by atoms with Crippen LogP contribution >= 0.6 is 11.6 Å². The van der Waals surface area contributed by atoms with Crippen LogP contribution in [0.2, 0.25) is 5.15 Å². The molecule has 0 unspecified atom stereocenters. The molecular weight excluding hydrogens is 288 g/mol. The van der Waals surface area contributed by atoms with E-state index in [2.05, 4.69) is 9.71 Å². The van der Waals surface area contributed by atoms with Crippen molar-refractivity contribution in [2.75, 3.05) is 6.54 Å². The summed E-state index contributed by atoms with van der Waals surface area (Å²) in [5, 5.41) is 9.66. The molecule has 5 nitrogen and oxygen atoms in total. The second kappa shape index (κ2) is 6.17. The van der Waals surface area contributed by atoms with Crippen LogP contribution in [0.15, 0.2) is 23.2 Å². The number of hydrogen-bond acceptors (Lipinski definition) is 4. The van der Waals surface area contributed by atoms with Gasteiger partial charge in [-0.1, -0.05) is 11.6 Å². The Labute approximate surface area is 118 Å². The molecule has 2 rings (SSSR count). The van der Waals surface area contributed by atoms with Gasteiger partial charge >= 0.3 is 0 Å². The number of halogens is 1. The van der Waals surface area contributed by atoms with Crippen molar-refractivity contribution in [1.29, 1.82) is 0 Å². The summed E-state index contributed by atoms with van der Waals surface area (Å²) < 4.78 is 26.6. The van der Waals surface area contributed by atoms with Crippen LogP contribution in [0, 0.1) is 5.92 Å². The Kier molecular flexibility index (Phi) is 4.78. The van der Waals surface area contributed by atoms with Gasteiger partial charge in [0.2, 0.25) is 10.0 Å². The molecular formula is C12H17ClN2O3S. The standard InChI is InChI=1S/C12H17ClN2O3S/c13-12-6-5-11(8-14-12)19(17,18)15-7-9-1-3-10(16)4-2-9/h5-6,8-10,15-16H,1-4,7H2. The van der Waals surface area contributed by atoms with Gasteiger partial charge in [-0.15, -0.1) is 0 Å². The van der Waals surface area contributed by atoms with Gasteiger partial charge in [-0.05, 0) is 43.7 Å². The molecule has 19 heavy (non-hydrogen) atoms. The van der Waals surface area contributed by atoms with Crippen molar-refractivity contribution < 1.29 is 13.5 Å².